The maximum absolute atomic E-state index is 13.0. The SMILES string of the molecule is O=C=C1CN(Cc2ccc(F)cc2)CCN1C=Cc1ccc(Cl)cc1. The highest BCUT2D eigenvalue weighted by Gasteiger charge is 2.20. The molecule has 128 valence electrons. The zero-order chi connectivity index (χ0) is 17.6. The van der Waals surface area contributed by atoms with Gasteiger partial charge in [0.2, 0.25) is 0 Å². The average Bonchev–Trinajstić information content (AvgIpc) is 2.64. The van der Waals surface area contributed by atoms with Gasteiger partial charge in [-0.15, -0.1) is 0 Å². The standard InChI is InChI=1S/C20H18ClFN2O/c21-18-5-1-16(2-6-18)9-10-24-12-11-23(14-20(24)15-25)13-17-3-7-19(22)8-4-17/h1-10H,11-14H2. The van der Waals surface area contributed by atoms with Crippen molar-refractivity contribution in [2.75, 3.05) is 19.6 Å². The molecule has 1 aliphatic heterocycles. The molecule has 5 heteroatoms. The molecular weight excluding hydrogens is 339 g/mol. The molecule has 0 amide bonds. The highest BCUT2D eigenvalue weighted by molar-refractivity contribution is 6.30. The summed E-state index contributed by atoms with van der Waals surface area (Å²) in [5, 5.41) is 0.694. The van der Waals surface area contributed by atoms with Crippen LogP contribution in [0.4, 0.5) is 4.39 Å². The first kappa shape index (κ1) is 17.4. The van der Waals surface area contributed by atoms with Crippen LogP contribution in [0.5, 0.6) is 0 Å². The van der Waals surface area contributed by atoms with Crippen LogP contribution in [0.2, 0.25) is 5.02 Å². The lowest BCUT2D eigenvalue weighted by molar-refractivity contribution is 0.204. The molecule has 1 fully saturated rings. The molecule has 0 spiro atoms. The summed E-state index contributed by atoms with van der Waals surface area (Å²) >= 11 is 5.88. The number of halogens is 2. The largest absolute Gasteiger partial charge is 0.340 e. The van der Waals surface area contributed by atoms with E-state index in [0.717, 1.165) is 17.7 Å². The van der Waals surface area contributed by atoms with Crippen LogP contribution in [0, 0.1) is 5.82 Å². The highest BCUT2D eigenvalue weighted by Crippen LogP contribution is 2.17. The minimum absolute atomic E-state index is 0.241. The Balaban J connectivity index is 1.62. The first-order chi connectivity index (χ1) is 12.1. The molecule has 3 rings (SSSR count). The lowest BCUT2D eigenvalue weighted by atomic mass is 10.1. The maximum Gasteiger partial charge on any atom is 0.147 e. The molecule has 0 aliphatic carbocycles. The molecule has 0 unspecified atom stereocenters. The van der Waals surface area contributed by atoms with Gasteiger partial charge in [0.25, 0.3) is 0 Å². The fraction of sp³-hybridized carbons (Fsp3) is 0.200. The molecule has 0 N–H and O–H groups in total. The molecule has 2 aromatic rings. The Bertz CT molecular complexity index is 795. The van der Waals surface area contributed by atoms with Crippen molar-refractivity contribution in [3.05, 3.63) is 82.4 Å². The summed E-state index contributed by atoms with van der Waals surface area (Å²) in [6.45, 7) is 2.72. The third-order valence-electron chi connectivity index (χ3n) is 4.13. The molecule has 1 heterocycles. The molecule has 25 heavy (non-hydrogen) atoms. The van der Waals surface area contributed by atoms with Crippen molar-refractivity contribution in [3.8, 4) is 0 Å². The van der Waals surface area contributed by atoms with Crippen LogP contribution in [0.1, 0.15) is 11.1 Å². The Labute approximate surface area is 151 Å². The van der Waals surface area contributed by atoms with E-state index < -0.39 is 0 Å². The molecule has 0 aromatic heterocycles. The van der Waals surface area contributed by atoms with Crippen molar-refractivity contribution in [3.63, 3.8) is 0 Å². The van der Waals surface area contributed by atoms with Gasteiger partial charge >= 0.3 is 0 Å². The average molecular weight is 357 g/mol. The minimum atomic E-state index is -0.241. The van der Waals surface area contributed by atoms with E-state index in [0.29, 0.717) is 30.4 Å². The van der Waals surface area contributed by atoms with Crippen LogP contribution in [0.15, 0.2) is 60.4 Å². The second kappa shape index (κ2) is 8.13. The van der Waals surface area contributed by atoms with E-state index in [1.165, 1.54) is 12.1 Å². The fourth-order valence-electron chi connectivity index (χ4n) is 2.75. The van der Waals surface area contributed by atoms with Gasteiger partial charge in [-0.05, 0) is 41.5 Å². The Morgan fingerprint density at radius 3 is 2.48 bits per heavy atom. The van der Waals surface area contributed by atoms with Crippen molar-refractivity contribution >= 4 is 23.6 Å². The Morgan fingerprint density at radius 1 is 1.08 bits per heavy atom. The number of hydrogen-bond acceptors (Lipinski definition) is 3. The predicted molar refractivity (Wildman–Crippen MR) is 98.1 cm³/mol. The van der Waals surface area contributed by atoms with E-state index in [2.05, 4.69) is 4.90 Å². The van der Waals surface area contributed by atoms with Crippen LogP contribution in [0.3, 0.4) is 0 Å². The molecule has 0 bridgehead atoms. The summed E-state index contributed by atoms with van der Waals surface area (Å²) in [7, 11) is 0. The zero-order valence-electron chi connectivity index (χ0n) is 13.7. The topological polar surface area (TPSA) is 23.6 Å². The van der Waals surface area contributed by atoms with Crippen molar-refractivity contribution in [1.29, 1.82) is 0 Å². The van der Waals surface area contributed by atoms with Crippen LogP contribution in [-0.4, -0.2) is 35.4 Å². The third kappa shape index (κ3) is 4.80. The molecule has 1 saturated heterocycles. The minimum Gasteiger partial charge on any atom is -0.340 e. The van der Waals surface area contributed by atoms with Crippen LogP contribution in [0.25, 0.3) is 6.08 Å². The quantitative estimate of drug-likeness (QED) is 0.774. The Morgan fingerprint density at radius 2 is 1.80 bits per heavy atom. The van der Waals surface area contributed by atoms with Gasteiger partial charge in [-0.1, -0.05) is 35.9 Å². The Kier molecular flexibility index (Phi) is 5.67. The van der Waals surface area contributed by atoms with Crippen LogP contribution < -0.4 is 0 Å². The second-order valence-electron chi connectivity index (χ2n) is 5.95. The van der Waals surface area contributed by atoms with E-state index >= 15 is 0 Å². The van der Waals surface area contributed by atoms with Gasteiger partial charge in [0.05, 0.1) is 6.54 Å². The van der Waals surface area contributed by atoms with E-state index in [4.69, 9.17) is 11.6 Å². The number of carbonyl (C=O) groups excluding carboxylic acids is 1. The molecule has 3 nitrogen and oxygen atoms in total. The van der Waals surface area contributed by atoms with E-state index in [9.17, 15) is 9.18 Å². The number of hydrogen-bond donors (Lipinski definition) is 0. The number of nitrogens with zero attached hydrogens (tertiary/aromatic N) is 2. The van der Waals surface area contributed by atoms with Crippen molar-refractivity contribution in [2.45, 2.75) is 6.54 Å². The molecular formula is C20H18ClFN2O. The second-order valence-corrected chi connectivity index (χ2v) is 6.38. The molecule has 2 aromatic carbocycles. The summed E-state index contributed by atoms with van der Waals surface area (Å²) in [5.74, 6) is 1.80. The molecule has 0 saturated carbocycles. The first-order valence-electron chi connectivity index (χ1n) is 8.05. The van der Waals surface area contributed by atoms with E-state index in [-0.39, 0.29) is 5.82 Å². The van der Waals surface area contributed by atoms with Gasteiger partial charge in [0, 0.05) is 30.9 Å². The van der Waals surface area contributed by atoms with Gasteiger partial charge in [-0.2, -0.15) is 0 Å². The number of rotatable bonds is 4. The van der Waals surface area contributed by atoms with Gasteiger partial charge in [0.15, 0.2) is 0 Å². The monoisotopic (exact) mass is 356 g/mol. The summed E-state index contributed by atoms with van der Waals surface area (Å²) < 4.78 is 13.0. The number of benzene rings is 2. The number of piperazine rings is 1. The molecule has 0 atom stereocenters. The van der Waals surface area contributed by atoms with Crippen LogP contribution >= 0.6 is 11.6 Å². The Hall–Kier alpha value is -2.39. The lowest BCUT2D eigenvalue weighted by Gasteiger charge is -2.34. The van der Waals surface area contributed by atoms with Gasteiger partial charge < -0.3 is 4.90 Å². The van der Waals surface area contributed by atoms with E-state index in [1.54, 1.807) is 12.1 Å². The van der Waals surface area contributed by atoms with Gasteiger partial charge in [0.1, 0.15) is 17.5 Å². The summed E-state index contributed by atoms with van der Waals surface area (Å²) in [4.78, 5) is 15.4. The van der Waals surface area contributed by atoms with Crippen LogP contribution in [-0.2, 0) is 11.3 Å². The first-order valence-corrected chi connectivity index (χ1v) is 8.43. The highest BCUT2D eigenvalue weighted by atomic mass is 35.5. The summed E-state index contributed by atoms with van der Waals surface area (Å²) in [5.41, 5.74) is 2.64. The molecule has 1 aliphatic rings. The van der Waals surface area contributed by atoms with Crippen molar-refractivity contribution in [1.82, 2.24) is 9.80 Å². The predicted octanol–water partition coefficient (Wildman–Crippen LogP) is 3.98. The fourth-order valence-corrected chi connectivity index (χ4v) is 2.88. The van der Waals surface area contributed by atoms with E-state index in [1.807, 2.05) is 47.4 Å². The normalized spacial score (nSPS) is 15.6. The van der Waals surface area contributed by atoms with Gasteiger partial charge in [-0.25, -0.2) is 9.18 Å². The summed E-state index contributed by atoms with van der Waals surface area (Å²) in [6, 6.07) is 14.0. The van der Waals surface area contributed by atoms with Crippen molar-refractivity contribution in [2.24, 2.45) is 0 Å². The van der Waals surface area contributed by atoms with Crippen molar-refractivity contribution < 1.29 is 9.18 Å². The maximum atomic E-state index is 13.0. The smallest absolute Gasteiger partial charge is 0.147 e. The van der Waals surface area contributed by atoms with Gasteiger partial charge in [-0.3, -0.25) is 4.90 Å². The lowest BCUT2D eigenvalue weighted by Crippen LogP contribution is -2.42. The third-order valence-corrected chi connectivity index (χ3v) is 4.38. The zero-order valence-corrected chi connectivity index (χ0v) is 14.4. The molecule has 0 radical (unpaired) electrons. The summed E-state index contributed by atoms with van der Waals surface area (Å²) in [6.07, 6.45) is 3.85.